The van der Waals surface area contributed by atoms with Gasteiger partial charge in [0.25, 0.3) is 0 Å². The highest BCUT2D eigenvalue weighted by Crippen LogP contribution is 2.35. The maximum absolute atomic E-state index is 9.92. The molecule has 0 aromatic rings. The summed E-state index contributed by atoms with van der Waals surface area (Å²) in [5, 5.41) is 9.92. The third kappa shape index (κ3) is 2.44. The van der Waals surface area contributed by atoms with Crippen LogP contribution in [0.2, 0.25) is 0 Å². The van der Waals surface area contributed by atoms with E-state index in [2.05, 4.69) is 6.92 Å². The highest BCUT2D eigenvalue weighted by Gasteiger charge is 2.31. The number of aliphatic hydroxyl groups is 1. The van der Waals surface area contributed by atoms with E-state index in [1.54, 1.807) is 0 Å². The Labute approximate surface area is 80.3 Å². The van der Waals surface area contributed by atoms with E-state index >= 15 is 0 Å². The summed E-state index contributed by atoms with van der Waals surface area (Å²) in [5.74, 6) is 1.34. The van der Waals surface area contributed by atoms with Crippen LogP contribution in [-0.4, -0.2) is 23.9 Å². The van der Waals surface area contributed by atoms with Crippen LogP contribution in [0.3, 0.4) is 0 Å². The van der Waals surface area contributed by atoms with Crippen molar-refractivity contribution < 1.29 is 9.84 Å². The molecule has 0 amide bonds. The maximum atomic E-state index is 9.92. The van der Waals surface area contributed by atoms with Crippen LogP contribution < -0.4 is 0 Å². The summed E-state index contributed by atoms with van der Waals surface area (Å²) in [6.07, 6.45) is 6.21. The Bertz CT molecular complexity index is 165. The fraction of sp³-hybridized carbons (Fsp3) is 1.00. The number of aliphatic hydroxyl groups excluding tert-OH is 1. The lowest BCUT2D eigenvalue weighted by atomic mass is 9.92. The average molecular weight is 184 g/mol. The Morgan fingerprint density at radius 1 is 1.38 bits per heavy atom. The zero-order valence-electron chi connectivity index (χ0n) is 8.41. The lowest BCUT2D eigenvalue weighted by Gasteiger charge is -2.20. The van der Waals surface area contributed by atoms with E-state index in [9.17, 15) is 5.11 Å². The van der Waals surface area contributed by atoms with Crippen LogP contribution in [-0.2, 0) is 4.74 Å². The van der Waals surface area contributed by atoms with Crippen LogP contribution in [0.5, 0.6) is 0 Å². The third-order valence-corrected chi connectivity index (χ3v) is 3.50. The van der Waals surface area contributed by atoms with Gasteiger partial charge in [0.05, 0.1) is 12.2 Å². The molecule has 0 bridgehead atoms. The van der Waals surface area contributed by atoms with Gasteiger partial charge in [-0.05, 0) is 32.1 Å². The molecule has 1 N–H and O–H groups in total. The van der Waals surface area contributed by atoms with Gasteiger partial charge in [0, 0.05) is 12.5 Å². The van der Waals surface area contributed by atoms with Crippen molar-refractivity contribution in [3.8, 4) is 0 Å². The standard InChI is InChI=1S/C11H20O2/c1-8-10(6-7-13-8)11(12)5-4-9-2-3-9/h8-12H,2-7H2,1H3. The molecule has 0 radical (unpaired) electrons. The first-order chi connectivity index (χ1) is 6.27. The summed E-state index contributed by atoms with van der Waals surface area (Å²) in [6.45, 7) is 2.92. The zero-order valence-corrected chi connectivity index (χ0v) is 8.41. The predicted molar refractivity (Wildman–Crippen MR) is 51.5 cm³/mol. The second-order valence-electron chi connectivity index (χ2n) is 4.62. The van der Waals surface area contributed by atoms with Crippen LogP contribution in [0.4, 0.5) is 0 Å². The molecule has 1 saturated carbocycles. The van der Waals surface area contributed by atoms with Crippen LogP contribution in [0.15, 0.2) is 0 Å². The molecule has 1 aliphatic heterocycles. The average Bonchev–Trinajstić information content (AvgIpc) is 2.84. The number of ether oxygens (including phenoxy) is 1. The van der Waals surface area contributed by atoms with Gasteiger partial charge >= 0.3 is 0 Å². The molecule has 1 heterocycles. The largest absolute Gasteiger partial charge is 0.393 e. The van der Waals surface area contributed by atoms with Gasteiger partial charge in [-0.3, -0.25) is 0 Å². The molecule has 2 aliphatic rings. The molecule has 2 rings (SSSR count). The first kappa shape index (κ1) is 9.47. The van der Waals surface area contributed by atoms with Gasteiger partial charge < -0.3 is 9.84 Å². The van der Waals surface area contributed by atoms with Gasteiger partial charge in [0.1, 0.15) is 0 Å². The Balaban J connectivity index is 1.71. The van der Waals surface area contributed by atoms with Crippen LogP contribution in [0, 0.1) is 11.8 Å². The minimum atomic E-state index is -0.113. The van der Waals surface area contributed by atoms with Crippen molar-refractivity contribution in [3.05, 3.63) is 0 Å². The molecule has 76 valence electrons. The van der Waals surface area contributed by atoms with E-state index in [1.807, 2.05) is 0 Å². The van der Waals surface area contributed by atoms with Crippen LogP contribution in [0.1, 0.15) is 39.0 Å². The smallest absolute Gasteiger partial charge is 0.0600 e. The van der Waals surface area contributed by atoms with E-state index in [-0.39, 0.29) is 12.2 Å². The predicted octanol–water partition coefficient (Wildman–Crippen LogP) is 1.96. The van der Waals surface area contributed by atoms with E-state index in [0.717, 1.165) is 25.4 Å². The highest BCUT2D eigenvalue weighted by atomic mass is 16.5. The Hall–Kier alpha value is -0.0800. The monoisotopic (exact) mass is 184 g/mol. The molecule has 13 heavy (non-hydrogen) atoms. The summed E-state index contributed by atoms with van der Waals surface area (Å²) in [4.78, 5) is 0. The molecule has 1 aliphatic carbocycles. The van der Waals surface area contributed by atoms with Gasteiger partial charge in [0.2, 0.25) is 0 Å². The summed E-state index contributed by atoms with van der Waals surface area (Å²) in [6, 6.07) is 0. The first-order valence-corrected chi connectivity index (χ1v) is 5.57. The summed E-state index contributed by atoms with van der Waals surface area (Å²) < 4.78 is 5.45. The van der Waals surface area contributed by atoms with Crippen molar-refractivity contribution in [1.29, 1.82) is 0 Å². The fourth-order valence-corrected chi connectivity index (χ4v) is 2.28. The fourth-order valence-electron chi connectivity index (χ4n) is 2.28. The van der Waals surface area contributed by atoms with E-state index in [1.165, 1.54) is 19.3 Å². The molecule has 2 heteroatoms. The molecule has 0 aromatic heterocycles. The van der Waals surface area contributed by atoms with Crippen molar-refractivity contribution in [1.82, 2.24) is 0 Å². The summed E-state index contributed by atoms with van der Waals surface area (Å²) >= 11 is 0. The molecule has 2 fully saturated rings. The quantitative estimate of drug-likeness (QED) is 0.723. The number of hydrogen-bond donors (Lipinski definition) is 1. The number of rotatable bonds is 4. The molecule has 0 aromatic carbocycles. The lowest BCUT2D eigenvalue weighted by molar-refractivity contribution is 0.0379. The highest BCUT2D eigenvalue weighted by molar-refractivity contribution is 4.81. The van der Waals surface area contributed by atoms with Crippen molar-refractivity contribution in [2.45, 2.75) is 51.2 Å². The Morgan fingerprint density at radius 2 is 2.15 bits per heavy atom. The van der Waals surface area contributed by atoms with E-state index < -0.39 is 0 Å². The molecular formula is C11H20O2. The summed E-state index contributed by atoms with van der Waals surface area (Å²) in [5.41, 5.74) is 0. The second kappa shape index (κ2) is 3.97. The summed E-state index contributed by atoms with van der Waals surface area (Å²) in [7, 11) is 0. The maximum Gasteiger partial charge on any atom is 0.0600 e. The van der Waals surface area contributed by atoms with Gasteiger partial charge in [-0.2, -0.15) is 0 Å². The van der Waals surface area contributed by atoms with Crippen LogP contribution >= 0.6 is 0 Å². The minimum Gasteiger partial charge on any atom is -0.393 e. The van der Waals surface area contributed by atoms with Gasteiger partial charge in [-0.15, -0.1) is 0 Å². The zero-order chi connectivity index (χ0) is 9.26. The minimum absolute atomic E-state index is 0.113. The lowest BCUT2D eigenvalue weighted by Crippen LogP contribution is -2.26. The topological polar surface area (TPSA) is 29.5 Å². The van der Waals surface area contributed by atoms with Crippen molar-refractivity contribution in [3.63, 3.8) is 0 Å². The Kier molecular flexibility index (Phi) is 2.89. The van der Waals surface area contributed by atoms with Crippen molar-refractivity contribution in [2.24, 2.45) is 11.8 Å². The van der Waals surface area contributed by atoms with Crippen molar-refractivity contribution >= 4 is 0 Å². The molecular weight excluding hydrogens is 164 g/mol. The molecule has 2 nitrogen and oxygen atoms in total. The first-order valence-electron chi connectivity index (χ1n) is 5.57. The van der Waals surface area contributed by atoms with Gasteiger partial charge in [0.15, 0.2) is 0 Å². The molecule has 3 atom stereocenters. The van der Waals surface area contributed by atoms with Crippen LogP contribution in [0.25, 0.3) is 0 Å². The molecule has 1 saturated heterocycles. The van der Waals surface area contributed by atoms with E-state index in [4.69, 9.17) is 4.74 Å². The SMILES string of the molecule is CC1OCCC1C(O)CCC1CC1. The number of hydrogen-bond acceptors (Lipinski definition) is 2. The van der Waals surface area contributed by atoms with Gasteiger partial charge in [-0.25, -0.2) is 0 Å². The third-order valence-electron chi connectivity index (χ3n) is 3.50. The van der Waals surface area contributed by atoms with Crippen molar-refractivity contribution in [2.75, 3.05) is 6.61 Å². The second-order valence-corrected chi connectivity index (χ2v) is 4.62. The molecule has 0 spiro atoms. The normalized spacial score (nSPS) is 36.5. The van der Waals surface area contributed by atoms with E-state index in [0.29, 0.717) is 5.92 Å². The Morgan fingerprint density at radius 3 is 2.69 bits per heavy atom. The molecule has 3 unspecified atom stereocenters. The van der Waals surface area contributed by atoms with Gasteiger partial charge in [-0.1, -0.05) is 12.8 Å².